The van der Waals surface area contributed by atoms with E-state index in [9.17, 15) is 9.59 Å². The summed E-state index contributed by atoms with van der Waals surface area (Å²) in [6, 6.07) is 8.27. The Labute approximate surface area is 144 Å². The van der Waals surface area contributed by atoms with Crippen LogP contribution < -0.4 is 5.32 Å². The first-order valence-corrected chi connectivity index (χ1v) is 8.99. The molecule has 1 aliphatic carbocycles. The Kier molecular flexibility index (Phi) is 6.41. The van der Waals surface area contributed by atoms with Crippen molar-refractivity contribution in [3.8, 4) is 0 Å². The van der Waals surface area contributed by atoms with Gasteiger partial charge in [0.15, 0.2) is 0 Å². The van der Waals surface area contributed by atoms with Gasteiger partial charge >= 0.3 is 5.97 Å². The molecule has 2 rings (SSSR count). The summed E-state index contributed by atoms with van der Waals surface area (Å²) in [5.41, 5.74) is 2.34. The van der Waals surface area contributed by atoms with E-state index >= 15 is 0 Å². The minimum atomic E-state index is -0.712. The average molecular weight is 331 g/mol. The first-order chi connectivity index (χ1) is 11.4. The lowest BCUT2D eigenvalue weighted by Crippen LogP contribution is -2.40. The first kappa shape index (κ1) is 18.5. The molecule has 0 radical (unpaired) electrons. The molecule has 2 N–H and O–H groups in total. The second-order valence-electron chi connectivity index (χ2n) is 7.41. The summed E-state index contributed by atoms with van der Waals surface area (Å²) in [4.78, 5) is 23.7. The van der Waals surface area contributed by atoms with Crippen molar-refractivity contribution < 1.29 is 14.7 Å². The summed E-state index contributed by atoms with van der Waals surface area (Å²) >= 11 is 0. The fourth-order valence-corrected chi connectivity index (χ4v) is 3.53. The summed E-state index contributed by atoms with van der Waals surface area (Å²) in [6.45, 7) is 6.32. The molecule has 0 unspecified atom stereocenters. The number of hydrogen-bond donors (Lipinski definition) is 2. The van der Waals surface area contributed by atoms with Crippen LogP contribution in [0.1, 0.15) is 63.5 Å². The van der Waals surface area contributed by atoms with Crippen molar-refractivity contribution in [2.24, 2.45) is 11.8 Å². The molecule has 1 aromatic rings. The van der Waals surface area contributed by atoms with Crippen LogP contribution in [0, 0.1) is 11.8 Å². The quantitative estimate of drug-likeness (QED) is 0.834. The molecule has 1 fully saturated rings. The Hall–Kier alpha value is -1.84. The van der Waals surface area contributed by atoms with Crippen LogP contribution in [0.3, 0.4) is 0 Å². The monoisotopic (exact) mass is 331 g/mol. The van der Waals surface area contributed by atoms with Gasteiger partial charge in [-0.25, -0.2) is 0 Å². The van der Waals surface area contributed by atoms with Crippen molar-refractivity contribution in [2.45, 2.75) is 64.8 Å². The lowest BCUT2D eigenvalue weighted by atomic mass is 9.85. The van der Waals surface area contributed by atoms with Gasteiger partial charge in [-0.15, -0.1) is 0 Å². The number of carboxylic acids is 1. The van der Waals surface area contributed by atoms with E-state index in [1.807, 2.05) is 25.1 Å². The van der Waals surface area contributed by atoms with Crippen LogP contribution in [0.4, 0.5) is 0 Å². The summed E-state index contributed by atoms with van der Waals surface area (Å²) in [7, 11) is 0. The number of amides is 1. The zero-order valence-electron chi connectivity index (χ0n) is 14.9. The van der Waals surface area contributed by atoms with E-state index in [1.165, 1.54) is 5.56 Å². The molecule has 1 amide bonds. The average Bonchev–Trinajstić information content (AvgIpc) is 2.54. The van der Waals surface area contributed by atoms with Gasteiger partial charge in [-0.1, -0.05) is 38.1 Å². The highest BCUT2D eigenvalue weighted by Gasteiger charge is 2.28. The highest BCUT2D eigenvalue weighted by atomic mass is 16.4. The van der Waals surface area contributed by atoms with Gasteiger partial charge in [0.25, 0.3) is 0 Å². The first-order valence-electron chi connectivity index (χ1n) is 8.99. The minimum Gasteiger partial charge on any atom is -0.481 e. The lowest BCUT2D eigenvalue weighted by Gasteiger charge is -2.28. The van der Waals surface area contributed by atoms with Crippen molar-refractivity contribution in [2.75, 3.05) is 0 Å². The largest absolute Gasteiger partial charge is 0.481 e. The van der Waals surface area contributed by atoms with Crippen LogP contribution in [-0.2, 0) is 16.0 Å². The van der Waals surface area contributed by atoms with Gasteiger partial charge in [0.05, 0.1) is 11.8 Å². The molecule has 0 aromatic heterocycles. The number of carbonyl (C=O) groups is 2. The molecule has 1 aromatic carbocycles. The third-order valence-electron chi connectivity index (χ3n) is 4.97. The van der Waals surface area contributed by atoms with Gasteiger partial charge < -0.3 is 10.4 Å². The highest BCUT2D eigenvalue weighted by Crippen LogP contribution is 2.26. The van der Waals surface area contributed by atoms with E-state index in [2.05, 4.69) is 25.2 Å². The van der Waals surface area contributed by atoms with Gasteiger partial charge in [0.2, 0.25) is 5.91 Å². The number of aliphatic carboxylic acids is 1. The molecular formula is C20H29NO3. The Morgan fingerprint density at radius 3 is 2.33 bits per heavy atom. The van der Waals surface area contributed by atoms with Gasteiger partial charge in [0.1, 0.15) is 0 Å². The number of hydrogen-bond acceptors (Lipinski definition) is 2. The summed E-state index contributed by atoms with van der Waals surface area (Å²) in [6.07, 6.45) is 3.78. The Morgan fingerprint density at radius 1 is 1.12 bits per heavy atom. The van der Waals surface area contributed by atoms with Crippen molar-refractivity contribution in [3.63, 3.8) is 0 Å². The normalized spacial score (nSPS) is 22.2. The number of carboxylic acid groups (broad SMARTS) is 1. The van der Waals surface area contributed by atoms with Crippen molar-refractivity contribution in [3.05, 3.63) is 35.4 Å². The van der Waals surface area contributed by atoms with E-state index in [-0.39, 0.29) is 23.8 Å². The van der Waals surface area contributed by atoms with Crippen LogP contribution in [0.15, 0.2) is 24.3 Å². The second kappa shape index (κ2) is 8.32. The van der Waals surface area contributed by atoms with Crippen LogP contribution in [-0.4, -0.2) is 23.0 Å². The van der Waals surface area contributed by atoms with Gasteiger partial charge in [-0.2, -0.15) is 0 Å². The molecule has 0 saturated heterocycles. The zero-order chi connectivity index (χ0) is 17.7. The number of rotatable bonds is 6. The minimum absolute atomic E-state index is 0.0463. The lowest BCUT2D eigenvalue weighted by molar-refractivity contribution is -0.142. The Morgan fingerprint density at radius 2 is 1.75 bits per heavy atom. The van der Waals surface area contributed by atoms with Crippen molar-refractivity contribution in [1.82, 2.24) is 5.32 Å². The molecule has 1 saturated carbocycles. The topological polar surface area (TPSA) is 66.4 Å². The summed E-state index contributed by atoms with van der Waals surface area (Å²) < 4.78 is 0. The van der Waals surface area contributed by atoms with E-state index in [1.54, 1.807) is 0 Å². The summed E-state index contributed by atoms with van der Waals surface area (Å²) in [5, 5.41) is 12.2. The van der Waals surface area contributed by atoms with E-state index in [0.29, 0.717) is 18.8 Å². The standard InChI is InChI=1S/C20H29NO3/c1-13(2)12-16-6-4-5-7-18(16)14(3)19(22)21-17-10-8-15(9-11-17)20(23)24/h4-7,13-15,17H,8-12H2,1-3H3,(H,21,22)(H,23,24)/t14-,15-,17-/m1/s1. The maximum Gasteiger partial charge on any atom is 0.306 e. The molecule has 24 heavy (non-hydrogen) atoms. The maximum absolute atomic E-state index is 12.6. The molecule has 4 nitrogen and oxygen atoms in total. The van der Waals surface area contributed by atoms with Crippen LogP contribution in [0.2, 0.25) is 0 Å². The zero-order valence-corrected chi connectivity index (χ0v) is 14.9. The second-order valence-corrected chi connectivity index (χ2v) is 7.41. The third-order valence-corrected chi connectivity index (χ3v) is 4.97. The smallest absolute Gasteiger partial charge is 0.306 e. The summed E-state index contributed by atoms with van der Waals surface area (Å²) in [5.74, 6) is -0.548. The van der Waals surface area contributed by atoms with E-state index in [0.717, 1.165) is 24.8 Å². The molecule has 0 aliphatic heterocycles. The molecule has 0 spiro atoms. The van der Waals surface area contributed by atoms with Gasteiger partial charge in [0, 0.05) is 6.04 Å². The maximum atomic E-state index is 12.6. The van der Waals surface area contributed by atoms with Crippen molar-refractivity contribution >= 4 is 11.9 Å². The van der Waals surface area contributed by atoms with Crippen LogP contribution >= 0.6 is 0 Å². The third kappa shape index (κ3) is 4.83. The molecule has 1 aliphatic rings. The predicted octanol–water partition coefficient (Wildman–Crippen LogP) is 3.75. The number of carbonyl (C=O) groups excluding carboxylic acids is 1. The molecule has 1 atom stereocenters. The Bertz CT molecular complexity index is 574. The van der Waals surface area contributed by atoms with E-state index < -0.39 is 5.97 Å². The molecular weight excluding hydrogens is 302 g/mol. The predicted molar refractivity (Wildman–Crippen MR) is 94.9 cm³/mol. The highest BCUT2D eigenvalue weighted by molar-refractivity contribution is 5.84. The van der Waals surface area contributed by atoms with Crippen LogP contribution in [0.25, 0.3) is 0 Å². The molecule has 132 valence electrons. The number of nitrogens with one attached hydrogen (secondary N) is 1. The van der Waals surface area contributed by atoms with Gasteiger partial charge in [-0.05, 0) is 56.1 Å². The fourth-order valence-electron chi connectivity index (χ4n) is 3.53. The Balaban J connectivity index is 1.97. The van der Waals surface area contributed by atoms with E-state index in [4.69, 9.17) is 5.11 Å². The fraction of sp³-hybridized carbons (Fsp3) is 0.600. The SMILES string of the molecule is CC(C)Cc1ccccc1[C@@H](C)C(=O)N[C@H]1CC[C@H](C(=O)O)CC1. The molecule has 0 heterocycles. The van der Waals surface area contributed by atoms with Crippen molar-refractivity contribution in [1.29, 1.82) is 0 Å². The molecule has 4 heteroatoms. The van der Waals surface area contributed by atoms with Gasteiger partial charge in [-0.3, -0.25) is 9.59 Å². The number of benzene rings is 1. The molecule has 0 bridgehead atoms. The van der Waals surface area contributed by atoms with Crippen LogP contribution in [0.5, 0.6) is 0 Å².